The van der Waals surface area contributed by atoms with Crippen LogP contribution in [-0.2, 0) is 3.42 Å². The quantitative estimate of drug-likeness (QED) is 0.650. The lowest BCUT2D eigenvalue weighted by molar-refractivity contribution is 0.784. The van der Waals surface area contributed by atoms with Gasteiger partial charge in [-0.25, -0.2) is 15.0 Å². The van der Waals surface area contributed by atoms with Crippen molar-refractivity contribution in [1.29, 1.82) is 0 Å². The lowest BCUT2D eigenvalue weighted by Gasteiger charge is -2.13. The maximum absolute atomic E-state index is 4.45. The van der Waals surface area contributed by atoms with E-state index in [1.807, 2.05) is 6.92 Å². The molecule has 1 N–H and O–H groups in total. The summed E-state index contributed by atoms with van der Waals surface area (Å²) < 4.78 is -0.00813. The van der Waals surface area contributed by atoms with Crippen LogP contribution in [0.15, 0.2) is 6.20 Å². The number of imidazole rings is 1. The van der Waals surface area contributed by atoms with Crippen molar-refractivity contribution < 1.29 is 0 Å². The molecule has 2 heterocycles. The van der Waals surface area contributed by atoms with Crippen LogP contribution in [0.4, 0.5) is 0 Å². The minimum absolute atomic E-state index is 0.00813. The summed E-state index contributed by atoms with van der Waals surface area (Å²) in [6.45, 7) is 6.10. The van der Waals surface area contributed by atoms with Gasteiger partial charge in [-0.15, -0.1) is 0 Å². The molecule has 2 aromatic heterocycles. The van der Waals surface area contributed by atoms with Crippen LogP contribution in [-0.4, -0.2) is 19.9 Å². The Kier molecular flexibility index (Phi) is 2.21. The third-order valence-electron chi connectivity index (χ3n) is 1.94. The van der Waals surface area contributed by atoms with Crippen molar-refractivity contribution in [3.8, 4) is 0 Å². The lowest BCUT2D eigenvalue weighted by Crippen LogP contribution is -2.09. The summed E-state index contributed by atoms with van der Waals surface area (Å²) in [5.74, 6) is 0.850. The normalized spacial score (nSPS) is 12.3. The van der Waals surface area contributed by atoms with E-state index in [0.29, 0.717) is 5.65 Å². The topological polar surface area (TPSA) is 54.5 Å². The molecule has 0 amide bonds. The molecule has 0 fully saturated rings. The Morgan fingerprint density at radius 2 is 2.07 bits per heavy atom. The van der Waals surface area contributed by atoms with Crippen LogP contribution in [0.3, 0.4) is 0 Å². The number of aromatic amines is 1. The number of aromatic nitrogens is 4. The van der Waals surface area contributed by atoms with Gasteiger partial charge in [-0.2, -0.15) is 0 Å². The summed E-state index contributed by atoms with van der Waals surface area (Å²) in [6.07, 6.45) is 1.80. The number of rotatable bonds is 1. The number of hydrogen-bond acceptors (Lipinski definition) is 3. The molecule has 0 saturated carbocycles. The van der Waals surface area contributed by atoms with Crippen molar-refractivity contribution >= 4 is 33.9 Å². The molecule has 0 atom stereocenters. The highest BCUT2D eigenvalue weighted by Gasteiger charge is 2.19. The fourth-order valence-electron chi connectivity index (χ4n) is 1.19. The maximum Gasteiger partial charge on any atom is 0.197 e. The van der Waals surface area contributed by atoms with Crippen LogP contribution in [0.2, 0.25) is 0 Å². The van der Waals surface area contributed by atoms with E-state index < -0.39 is 0 Å². The van der Waals surface area contributed by atoms with Crippen molar-refractivity contribution in [2.24, 2.45) is 0 Å². The molecule has 0 aliphatic rings. The first-order valence-corrected chi connectivity index (χ1v) is 5.43. The van der Waals surface area contributed by atoms with Gasteiger partial charge < -0.3 is 4.98 Å². The Labute approximate surface area is 95.7 Å². The molecule has 0 spiro atoms. The average Bonchev–Trinajstić information content (AvgIpc) is 2.41. The molecule has 0 aromatic carbocycles. The Morgan fingerprint density at radius 1 is 1.36 bits per heavy atom. The molecular formula is C9H11IN4. The molecule has 2 rings (SSSR count). The highest BCUT2D eigenvalue weighted by atomic mass is 127. The second kappa shape index (κ2) is 3.15. The van der Waals surface area contributed by atoms with Gasteiger partial charge in [0.25, 0.3) is 0 Å². The SMILES string of the molecule is Cc1nc2nc(C(C)(C)I)cnc2[nH]1. The average molecular weight is 302 g/mol. The number of halogens is 1. The van der Waals surface area contributed by atoms with Crippen LogP contribution < -0.4 is 0 Å². The van der Waals surface area contributed by atoms with Crippen LogP contribution in [0, 0.1) is 6.92 Å². The van der Waals surface area contributed by atoms with E-state index in [9.17, 15) is 0 Å². The van der Waals surface area contributed by atoms with Crippen LogP contribution in [0.25, 0.3) is 11.3 Å². The fraction of sp³-hybridized carbons (Fsp3) is 0.444. The van der Waals surface area contributed by atoms with Crippen LogP contribution in [0.5, 0.6) is 0 Å². The fourth-order valence-corrected chi connectivity index (χ4v) is 1.45. The third kappa shape index (κ3) is 1.73. The molecule has 0 aliphatic carbocycles. The van der Waals surface area contributed by atoms with Crippen molar-refractivity contribution in [1.82, 2.24) is 19.9 Å². The van der Waals surface area contributed by atoms with Crippen LogP contribution >= 0.6 is 22.6 Å². The molecular weight excluding hydrogens is 291 g/mol. The van der Waals surface area contributed by atoms with Gasteiger partial charge in [0.15, 0.2) is 11.3 Å². The Morgan fingerprint density at radius 3 is 2.71 bits per heavy atom. The van der Waals surface area contributed by atoms with Gasteiger partial charge in [0.2, 0.25) is 0 Å². The molecule has 14 heavy (non-hydrogen) atoms. The minimum Gasteiger partial charge on any atom is -0.325 e. The number of alkyl halides is 1. The number of hydrogen-bond donors (Lipinski definition) is 1. The predicted octanol–water partition coefficient (Wildman–Crippen LogP) is 2.33. The first kappa shape index (κ1) is 9.82. The molecule has 5 heteroatoms. The van der Waals surface area contributed by atoms with Crippen molar-refractivity contribution in [2.75, 3.05) is 0 Å². The lowest BCUT2D eigenvalue weighted by atomic mass is 10.1. The molecule has 74 valence electrons. The van der Waals surface area contributed by atoms with E-state index in [4.69, 9.17) is 0 Å². The molecule has 0 aliphatic heterocycles. The molecule has 2 aromatic rings. The second-order valence-electron chi connectivity index (χ2n) is 3.72. The maximum atomic E-state index is 4.45. The van der Waals surface area contributed by atoms with Gasteiger partial charge in [0.1, 0.15) is 5.82 Å². The largest absolute Gasteiger partial charge is 0.325 e. The van der Waals surface area contributed by atoms with Gasteiger partial charge in [-0.1, -0.05) is 22.6 Å². The summed E-state index contributed by atoms with van der Waals surface area (Å²) in [7, 11) is 0. The monoisotopic (exact) mass is 302 g/mol. The van der Waals surface area contributed by atoms with Gasteiger partial charge >= 0.3 is 0 Å². The predicted molar refractivity (Wildman–Crippen MR) is 63.5 cm³/mol. The number of nitrogens with zero attached hydrogens (tertiary/aromatic N) is 3. The summed E-state index contributed by atoms with van der Waals surface area (Å²) in [6, 6.07) is 0. The molecule has 0 saturated heterocycles. The second-order valence-corrected chi connectivity index (χ2v) is 6.42. The third-order valence-corrected chi connectivity index (χ3v) is 2.49. The summed E-state index contributed by atoms with van der Waals surface area (Å²) in [5.41, 5.74) is 2.41. The van der Waals surface area contributed by atoms with Gasteiger partial charge in [0, 0.05) is 0 Å². The standard InChI is InChI=1S/C9H11IN4/c1-5-12-7-8(13-5)14-6(4-11-7)9(2,3)10/h4H,1-3H3,(H,11,12,13,14). The first-order valence-electron chi connectivity index (χ1n) is 4.35. The van der Waals surface area contributed by atoms with E-state index in [2.05, 4.69) is 56.4 Å². The molecule has 0 bridgehead atoms. The Bertz CT molecular complexity index is 469. The van der Waals surface area contributed by atoms with E-state index in [0.717, 1.165) is 17.2 Å². The zero-order chi connectivity index (χ0) is 10.3. The number of aryl methyl sites for hydroxylation is 1. The summed E-state index contributed by atoms with van der Waals surface area (Å²) in [4.78, 5) is 16.0. The van der Waals surface area contributed by atoms with Gasteiger partial charge in [-0.3, -0.25) is 0 Å². The number of H-pyrrole nitrogens is 1. The van der Waals surface area contributed by atoms with Crippen LogP contribution in [0.1, 0.15) is 25.4 Å². The molecule has 0 radical (unpaired) electrons. The van der Waals surface area contributed by atoms with E-state index in [-0.39, 0.29) is 3.42 Å². The number of fused-ring (bicyclic) bond motifs is 1. The van der Waals surface area contributed by atoms with Gasteiger partial charge in [0.05, 0.1) is 15.3 Å². The zero-order valence-corrected chi connectivity index (χ0v) is 10.5. The minimum atomic E-state index is -0.00813. The summed E-state index contributed by atoms with van der Waals surface area (Å²) in [5, 5.41) is 0. The van der Waals surface area contributed by atoms with Gasteiger partial charge in [-0.05, 0) is 20.8 Å². The molecule has 4 nitrogen and oxygen atoms in total. The van der Waals surface area contributed by atoms with E-state index in [1.54, 1.807) is 6.20 Å². The highest BCUT2D eigenvalue weighted by Crippen LogP contribution is 2.28. The summed E-state index contributed by atoms with van der Waals surface area (Å²) >= 11 is 2.34. The van der Waals surface area contributed by atoms with E-state index in [1.165, 1.54) is 0 Å². The van der Waals surface area contributed by atoms with E-state index >= 15 is 0 Å². The highest BCUT2D eigenvalue weighted by molar-refractivity contribution is 14.1. The first-order chi connectivity index (χ1) is 6.47. The Hall–Kier alpha value is -0.720. The molecule has 0 unspecified atom stereocenters. The zero-order valence-electron chi connectivity index (χ0n) is 8.30. The number of nitrogens with one attached hydrogen (secondary N) is 1. The van der Waals surface area contributed by atoms with Crippen molar-refractivity contribution in [3.63, 3.8) is 0 Å². The Balaban J connectivity index is 2.62. The van der Waals surface area contributed by atoms with Crippen molar-refractivity contribution in [2.45, 2.75) is 24.2 Å². The van der Waals surface area contributed by atoms with Crippen molar-refractivity contribution in [3.05, 3.63) is 17.7 Å². The smallest absolute Gasteiger partial charge is 0.197 e.